The Labute approximate surface area is 225 Å². The fourth-order valence-electron chi connectivity index (χ4n) is 3.71. The maximum absolute atomic E-state index is 13.9. The molecule has 2 aromatic heterocycles. The summed E-state index contributed by atoms with van der Waals surface area (Å²) in [6, 6.07) is 10.2. The van der Waals surface area contributed by atoms with Gasteiger partial charge in [-0.05, 0) is 57.4 Å². The van der Waals surface area contributed by atoms with Gasteiger partial charge in [-0.15, -0.1) is 0 Å². The number of likely N-dealkylation sites (N-methyl/N-ethyl adjacent to an activating group) is 1. The topological polar surface area (TPSA) is 96.3 Å². The monoisotopic (exact) mass is 537 g/mol. The summed E-state index contributed by atoms with van der Waals surface area (Å²) in [4.78, 5) is 23.2. The summed E-state index contributed by atoms with van der Waals surface area (Å²) in [6.07, 6.45) is 4.59. The van der Waals surface area contributed by atoms with Crippen molar-refractivity contribution in [1.82, 2.24) is 19.4 Å². The number of halogens is 2. The molecular formula is C27H29ClFN7O2. The van der Waals surface area contributed by atoms with Crippen LogP contribution >= 0.6 is 11.6 Å². The highest BCUT2D eigenvalue weighted by Gasteiger charge is 2.16. The number of methoxy groups -OCH3 is 1. The highest BCUT2D eigenvalue weighted by Crippen LogP contribution is 2.36. The number of nitrogens with one attached hydrogen (secondary N) is 3. The van der Waals surface area contributed by atoms with Gasteiger partial charge in [0.15, 0.2) is 0 Å². The standard InChI is InChI=1S/C27H29ClFN7O2/c1-6-26(37)32-21-13-22(24(38-5)14-20(21)31-15-16(2)35(3)4)33-27-30-9-7-25(34-27)36-10-8-17-11-19(29)18(28)12-23(17)36/h6-14,16,31H,1,15H2,2-5H3,(H,32,37)(H,30,33,34). The summed E-state index contributed by atoms with van der Waals surface area (Å²) in [5, 5.41) is 10.1. The van der Waals surface area contributed by atoms with Gasteiger partial charge in [0.05, 0.1) is 34.7 Å². The molecule has 0 fully saturated rings. The molecule has 0 aliphatic carbocycles. The van der Waals surface area contributed by atoms with Crippen LogP contribution in [0.3, 0.4) is 0 Å². The zero-order valence-corrected chi connectivity index (χ0v) is 22.3. The molecule has 38 heavy (non-hydrogen) atoms. The first-order chi connectivity index (χ1) is 18.2. The second-order valence-corrected chi connectivity index (χ2v) is 9.27. The van der Waals surface area contributed by atoms with Crippen molar-refractivity contribution in [3.8, 4) is 11.6 Å². The van der Waals surface area contributed by atoms with Crippen molar-refractivity contribution in [3.63, 3.8) is 0 Å². The summed E-state index contributed by atoms with van der Waals surface area (Å²) >= 11 is 6.01. The number of benzene rings is 2. The molecule has 4 rings (SSSR count). The zero-order valence-electron chi connectivity index (χ0n) is 21.5. The van der Waals surface area contributed by atoms with Crippen LogP contribution in [0, 0.1) is 5.82 Å². The number of fused-ring (bicyclic) bond motifs is 1. The van der Waals surface area contributed by atoms with Gasteiger partial charge in [0.25, 0.3) is 0 Å². The van der Waals surface area contributed by atoms with E-state index in [1.165, 1.54) is 12.1 Å². The molecule has 3 N–H and O–H groups in total. The highest BCUT2D eigenvalue weighted by molar-refractivity contribution is 6.31. The number of anilines is 4. The van der Waals surface area contributed by atoms with Gasteiger partial charge in [-0.3, -0.25) is 4.79 Å². The van der Waals surface area contributed by atoms with Crippen LogP contribution in [0.1, 0.15) is 6.92 Å². The molecule has 11 heteroatoms. The van der Waals surface area contributed by atoms with Crippen molar-refractivity contribution in [2.24, 2.45) is 0 Å². The average Bonchev–Trinajstić information content (AvgIpc) is 3.30. The molecule has 2 aromatic carbocycles. The third-order valence-corrected chi connectivity index (χ3v) is 6.41. The molecule has 0 spiro atoms. The normalized spacial score (nSPS) is 11.9. The third kappa shape index (κ3) is 5.87. The third-order valence-electron chi connectivity index (χ3n) is 6.12. The lowest BCUT2D eigenvalue weighted by Crippen LogP contribution is -2.31. The Morgan fingerprint density at radius 1 is 1.24 bits per heavy atom. The van der Waals surface area contributed by atoms with Crippen LogP contribution in [0.25, 0.3) is 16.7 Å². The summed E-state index contributed by atoms with van der Waals surface area (Å²) in [5.41, 5.74) is 2.47. The minimum Gasteiger partial charge on any atom is -0.494 e. The van der Waals surface area contributed by atoms with Crippen molar-refractivity contribution in [2.45, 2.75) is 13.0 Å². The van der Waals surface area contributed by atoms with E-state index in [0.717, 1.165) is 0 Å². The second kappa shape index (κ2) is 11.5. The minimum atomic E-state index is -0.484. The smallest absolute Gasteiger partial charge is 0.247 e. The van der Waals surface area contributed by atoms with Gasteiger partial charge in [-0.2, -0.15) is 4.98 Å². The van der Waals surface area contributed by atoms with Gasteiger partial charge >= 0.3 is 0 Å². The maximum Gasteiger partial charge on any atom is 0.247 e. The van der Waals surface area contributed by atoms with Crippen LogP contribution in [0.15, 0.2) is 61.4 Å². The number of amides is 1. The lowest BCUT2D eigenvalue weighted by atomic mass is 10.2. The molecule has 198 valence electrons. The Morgan fingerprint density at radius 3 is 2.74 bits per heavy atom. The number of hydrogen-bond acceptors (Lipinski definition) is 7. The minimum absolute atomic E-state index is 0.0253. The first kappa shape index (κ1) is 26.9. The van der Waals surface area contributed by atoms with E-state index < -0.39 is 5.82 Å². The van der Waals surface area contributed by atoms with Gasteiger partial charge < -0.3 is 30.2 Å². The highest BCUT2D eigenvalue weighted by atomic mass is 35.5. The van der Waals surface area contributed by atoms with E-state index in [1.54, 1.807) is 54.4 Å². The molecule has 1 amide bonds. The van der Waals surface area contributed by atoms with Crippen LogP contribution in [0.5, 0.6) is 5.75 Å². The number of carbonyl (C=O) groups excluding carboxylic acids is 1. The Bertz CT molecular complexity index is 1490. The van der Waals surface area contributed by atoms with Crippen molar-refractivity contribution in [1.29, 1.82) is 0 Å². The lowest BCUT2D eigenvalue weighted by Gasteiger charge is -2.23. The summed E-state index contributed by atoms with van der Waals surface area (Å²) in [6.45, 7) is 6.27. The molecule has 1 atom stereocenters. The molecule has 1 unspecified atom stereocenters. The number of aromatic nitrogens is 3. The fourth-order valence-corrected chi connectivity index (χ4v) is 3.87. The molecule has 2 heterocycles. The molecule has 0 saturated heterocycles. The van der Waals surface area contributed by atoms with Crippen LogP contribution < -0.4 is 20.7 Å². The average molecular weight is 538 g/mol. The van der Waals surface area contributed by atoms with Crippen molar-refractivity contribution in [3.05, 3.63) is 72.3 Å². The van der Waals surface area contributed by atoms with E-state index in [2.05, 4.69) is 44.3 Å². The van der Waals surface area contributed by atoms with Crippen molar-refractivity contribution in [2.75, 3.05) is 43.7 Å². The number of carbonyl (C=O) groups is 1. The first-order valence-corrected chi connectivity index (χ1v) is 12.2. The molecule has 0 bridgehead atoms. The van der Waals surface area contributed by atoms with Crippen LogP contribution in [0.4, 0.5) is 27.4 Å². The van der Waals surface area contributed by atoms with Crippen LogP contribution in [-0.2, 0) is 4.79 Å². The molecule has 0 saturated carbocycles. The zero-order chi connectivity index (χ0) is 27.4. The number of rotatable bonds is 10. The molecule has 0 aliphatic heterocycles. The molecule has 0 aliphatic rings. The van der Waals surface area contributed by atoms with Gasteiger partial charge in [0.2, 0.25) is 11.9 Å². The van der Waals surface area contributed by atoms with Gasteiger partial charge in [-0.25, -0.2) is 9.37 Å². The fraction of sp³-hybridized carbons (Fsp3) is 0.222. The van der Waals surface area contributed by atoms with E-state index in [-0.39, 0.29) is 17.0 Å². The van der Waals surface area contributed by atoms with Crippen molar-refractivity contribution >= 4 is 51.4 Å². The van der Waals surface area contributed by atoms with Crippen LogP contribution in [0.2, 0.25) is 5.02 Å². The maximum atomic E-state index is 13.9. The van der Waals surface area contributed by atoms with Gasteiger partial charge in [0.1, 0.15) is 17.4 Å². The predicted octanol–water partition coefficient (Wildman–Crippen LogP) is 5.45. The van der Waals surface area contributed by atoms with E-state index in [9.17, 15) is 9.18 Å². The van der Waals surface area contributed by atoms with Crippen molar-refractivity contribution < 1.29 is 13.9 Å². The number of ether oxygens (including phenoxy) is 1. The van der Waals surface area contributed by atoms with E-state index in [4.69, 9.17) is 16.3 Å². The molecule has 0 radical (unpaired) electrons. The summed E-state index contributed by atoms with van der Waals surface area (Å²) in [7, 11) is 5.55. The SMILES string of the molecule is C=CC(=O)Nc1cc(Nc2nccc(-n3ccc4cc(F)c(Cl)cc43)n2)c(OC)cc1NCC(C)N(C)C. The lowest BCUT2D eigenvalue weighted by molar-refractivity contribution is -0.111. The van der Waals surface area contributed by atoms with E-state index >= 15 is 0 Å². The quantitative estimate of drug-likeness (QED) is 0.231. The Morgan fingerprint density at radius 2 is 2.03 bits per heavy atom. The Hall–Kier alpha value is -4.15. The first-order valence-electron chi connectivity index (χ1n) is 11.8. The molecule has 9 nitrogen and oxygen atoms in total. The van der Waals surface area contributed by atoms with E-state index in [1.807, 2.05) is 14.1 Å². The molecule has 4 aromatic rings. The van der Waals surface area contributed by atoms with Gasteiger partial charge in [-0.1, -0.05) is 18.2 Å². The molecular weight excluding hydrogens is 509 g/mol. The van der Waals surface area contributed by atoms with E-state index in [0.29, 0.717) is 52.0 Å². The summed E-state index contributed by atoms with van der Waals surface area (Å²) in [5.74, 6) is 0.526. The number of nitrogens with zero attached hydrogens (tertiary/aromatic N) is 4. The predicted molar refractivity (Wildman–Crippen MR) is 151 cm³/mol. The second-order valence-electron chi connectivity index (χ2n) is 8.86. The van der Waals surface area contributed by atoms with Gasteiger partial charge in [0, 0.05) is 36.4 Å². The Balaban J connectivity index is 1.68. The van der Waals surface area contributed by atoms with Crippen LogP contribution in [-0.4, -0.2) is 59.1 Å². The largest absolute Gasteiger partial charge is 0.494 e. The number of hydrogen-bond donors (Lipinski definition) is 3. The summed E-state index contributed by atoms with van der Waals surface area (Å²) < 4.78 is 21.3. The Kier molecular flexibility index (Phi) is 8.13.